The van der Waals surface area contributed by atoms with E-state index in [9.17, 15) is 13.2 Å². The SMILES string of the molecule is COc1cccc(-c2nc(C(F)(F)F)nn2-c2ccccc2)c1. The predicted molar refractivity (Wildman–Crippen MR) is 78.3 cm³/mol. The van der Waals surface area contributed by atoms with Gasteiger partial charge >= 0.3 is 6.18 Å². The highest BCUT2D eigenvalue weighted by molar-refractivity contribution is 5.60. The van der Waals surface area contributed by atoms with Crippen LogP contribution in [-0.4, -0.2) is 21.9 Å². The molecule has 1 aromatic heterocycles. The summed E-state index contributed by atoms with van der Waals surface area (Å²) in [4.78, 5) is 3.67. The van der Waals surface area contributed by atoms with Crippen molar-refractivity contribution in [3.63, 3.8) is 0 Å². The Kier molecular flexibility index (Phi) is 3.77. The topological polar surface area (TPSA) is 39.9 Å². The zero-order valence-corrected chi connectivity index (χ0v) is 12.1. The van der Waals surface area contributed by atoms with E-state index >= 15 is 0 Å². The first-order valence-electron chi connectivity index (χ1n) is 6.73. The monoisotopic (exact) mass is 319 g/mol. The van der Waals surface area contributed by atoms with E-state index in [1.54, 1.807) is 54.6 Å². The van der Waals surface area contributed by atoms with Gasteiger partial charge in [-0.05, 0) is 24.3 Å². The Morgan fingerprint density at radius 3 is 2.39 bits per heavy atom. The van der Waals surface area contributed by atoms with Crippen molar-refractivity contribution in [1.29, 1.82) is 0 Å². The minimum absolute atomic E-state index is 0.0995. The summed E-state index contributed by atoms with van der Waals surface area (Å²) in [6, 6.07) is 15.2. The Morgan fingerprint density at radius 1 is 1.00 bits per heavy atom. The third-order valence-corrected chi connectivity index (χ3v) is 3.19. The van der Waals surface area contributed by atoms with Gasteiger partial charge in [0.05, 0.1) is 12.8 Å². The number of nitrogens with zero attached hydrogens (tertiary/aromatic N) is 3. The lowest BCUT2D eigenvalue weighted by atomic mass is 10.2. The van der Waals surface area contributed by atoms with Crippen LogP contribution in [-0.2, 0) is 6.18 Å². The number of alkyl halides is 3. The average molecular weight is 319 g/mol. The molecule has 0 N–H and O–H groups in total. The maximum Gasteiger partial charge on any atom is 0.453 e. The summed E-state index contributed by atoms with van der Waals surface area (Å²) in [6.07, 6.45) is -4.62. The van der Waals surface area contributed by atoms with Gasteiger partial charge in [-0.15, -0.1) is 5.10 Å². The van der Waals surface area contributed by atoms with E-state index in [4.69, 9.17) is 4.74 Å². The van der Waals surface area contributed by atoms with Gasteiger partial charge in [-0.2, -0.15) is 13.2 Å². The Balaban J connectivity index is 2.20. The van der Waals surface area contributed by atoms with Gasteiger partial charge in [-0.25, -0.2) is 9.67 Å². The molecule has 7 heteroatoms. The van der Waals surface area contributed by atoms with Crippen LogP contribution in [0.15, 0.2) is 54.6 Å². The molecule has 23 heavy (non-hydrogen) atoms. The van der Waals surface area contributed by atoms with E-state index in [0.717, 1.165) is 0 Å². The van der Waals surface area contributed by atoms with Crippen molar-refractivity contribution in [2.45, 2.75) is 6.18 Å². The van der Waals surface area contributed by atoms with Gasteiger partial charge in [0.25, 0.3) is 5.82 Å². The second-order valence-corrected chi connectivity index (χ2v) is 4.74. The van der Waals surface area contributed by atoms with Crippen molar-refractivity contribution < 1.29 is 17.9 Å². The summed E-state index contributed by atoms with van der Waals surface area (Å²) in [5.74, 6) is -0.555. The van der Waals surface area contributed by atoms with Gasteiger partial charge in [0.15, 0.2) is 5.82 Å². The molecular formula is C16H12F3N3O. The third kappa shape index (κ3) is 3.03. The summed E-state index contributed by atoms with van der Waals surface area (Å²) in [7, 11) is 1.49. The van der Waals surface area contributed by atoms with Crippen molar-refractivity contribution >= 4 is 0 Å². The Hall–Kier alpha value is -2.83. The van der Waals surface area contributed by atoms with Crippen LogP contribution < -0.4 is 4.74 Å². The number of hydrogen-bond acceptors (Lipinski definition) is 3. The maximum atomic E-state index is 13.0. The zero-order chi connectivity index (χ0) is 16.4. The molecule has 0 atom stereocenters. The first-order chi connectivity index (χ1) is 11.0. The number of rotatable bonds is 3. The molecule has 118 valence electrons. The van der Waals surface area contributed by atoms with E-state index in [1.165, 1.54) is 11.8 Å². The highest BCUT2D eigenvalue weighted by Crippen LogP contribution is 2.31. The summed E-state index contributed by atoms with van der Waals surface area (Å²) < 4.78 is 45.3. The highest BCUT2D eigenvalue weighted by atomic mass is 19.4. The van der Waals surface area contributed by atoms with Crippen LogP contribution in [0.2, 0.25) is 0 Å². The summed E-state index contributed by atoms with van der Waals surface area (Å²) >= 11 is 0. The Bertz CT molecular complexity index is 813. The maximum absolute atomic E-state index is 13.0. The molecule has 0 amide bonds. The second kappa shape index (κ2) is 5.75. The number of benzene rings is 2. The minimum Gasteiger partial charge on any atom is -0.497 e. The molecule has 1 heterocycles. The van der Waals surface area contributed by atoms with E-state index in [0.29, 0.717) is 17.0 Å². The second-order valence-electron chi connectivity index (χ2n) is 4.74. The quantitative estimate of drug-likeness (QED) is 0.733. The molecule has 0 aliphatic carbocycles. The Morgan fingerprint density at radius 2 is 1.74 bits per heavy atom. The number of halogens is 3. The van der Waals surface area contributed by atoms with Gasteiger partial charge in [0.1, 0.15) is 5.75 Å². The first kappa shape index (κ1) is 15.1. The standard InChI is InChI=1S/C16H12F3N3O/c1-23-13-9-5-6-11(10-13)14-20-15(16(17,18)19)21-22(14)12-7-3-2-4-8-12/h2-10H,1H3. The van der Waals surface area contributed by atoms with Gasteiger partial charge in [0.2, 0.25) is 0 Å². The lowest BCUT2D eigenvalue weighted by molar-refractivity contribution is -0.144. The average Bonchev–Trinajstić information content (AvgIpc) is 3.01. The third-order valence-electron chi connectivity index (χ3n) is 3.19. The lowest BCUT2D eigenvalue weighted by Gasteiger charge is -2.07. The van der Waals surface area contributed by atoms with E-state index in [-0.39, 0.29) is 5.82 Å². The van der Waals surface area contributed by atoms with Crippen LogP contribution in [0.4, 0.5) is 13.2 Å². The molecule has 0 fully saturated rings. The molecule has 2 aromatic carbocycles. The molecule has 0 unspecified atom stereocenters. The molecule has 3 aromatic rings. The normalized spacial score (nSPS) is 11.5. The molecule has 0 spiro atoms. The van der Waals surface area contributed by atoms with Crippen LogP contribution in [0.1, 0.15) is 5.82 Å². The summed E-state index contributed by atoms with van der Waals surface area (Å²) in [5, 5.41) is 3.62. The number of methoxy groups -OCH3 is 1. The fraction of sp³-hybridized carbons (Fsp3) is 0.125. The van der Waals surface area contributed by atoms with Gasteiger partial charge in [0, 0.05) is 5.56 Å². The van der Waals surface area contributed by atoms with Gasteiger partial charge in [-0.1, -0.05) is 30.3 Å². The fourth-order valence-electron chi connectivity index (χ4n) is 2.13. The lowest BCUT2D eigenvalue weighted by Crippen LogP contribution is -2.08. The minimum atomic E-state index is -4.62. The van der Waals surface area contributed by atoms with Crippen LogP contribution in [0.5, 0.6) is 5.75 Å². The smallest absolute Gasteiger partial charge is 0.453 e. The highest BCUT2D eigenvalue weighted by Gasteiger charge is 2.37. The zero-order valence-electron chi connectivity index (χ0n) is 12.1. The van der Waals surface area contributed by atoms with Crippen LogP contribution in [0.3, 0.4) is 0 Å². The summed E-state index contributed by atoms with van der Waals surface area (Å²) in [5.41, 5.74) is 0.976. The van der Waals surface area contributed by atoms with Crippen LogP contribution in [0, 0.1) is 0 Å². The van der Waals surface area contributed by atoms with Crippen molar-refractivity contribution in [2.24, 2.45) is 0 Å². The number of hydrogen-bond donors (Lipinski definition) is 0. The molecule has 0 saturated carbocycles. The molecule has 4 nitrogen and oxygen atoms in total. The molecule has 0 bridgehead atoms. The largest absolute Gasteiger partial charge is 0.497 e. The molecule has 3 rings (SSSR count). The van der Waals surface area contributed by atoms with Crippen molar-refractivity contribution in [1.82, 2.24) is 14.8 Å². The fourth-order valence-corrected chi connectivity index (χ4v) is 2.13. The van der Waals surface area contributed by atoms with E-state index in [1.807, 2.05) is 0 Å². The number of ether oxygens (including phenoxy) is 1. The van der Waals surface area contributed by atoms with E-state index in [2.05, 4.69) is 10.1 Å². The molecule has 0 radical (unpaired) electrons. The summed E-state index contributed by atoms with van der Waals surface area (Å²) in [6.45, 7) is 0. The first-order valence-corrected chi connectivity index (χ1v) is 6.73. The molecule has 0 aliphatic rings. The van der Waals surface area contributed by atoms with Crippen molar-refractivity contribution in [3.8, 4) is 22.8 Å². The van der Waals surface area contributed by atoms with Crippen LogP contribution >= 0.6 is 0 Å². The van der Waals surface area contributed by atoms with Crippen molar-refractivity contribution in [2.75, 3.05) is 7.11 Å². The molecule has 0 saturated heterocycles. The Labute approximate surface area is 130 Å². The number of aromatic nitrogens is 3. The van der Waals surface area contributed by atoms with E-state index < -0.39 is 12.0 Å². The predicted octanol–water partition coefficient (Wildman–Crippen LogP) is 3.96. The molecular weight excluding hydrogens is 307 g/mol. The number of para-hydroxylation sites is 1. The van der Waals surface area contributed by atoms with Gasteiger partial charge in [-0.3, -0.25) is 0 Å². The van der Waals surface area contributed by atoms with Crippen molar-refractivity contribution in [3.05, 3.63) is 60.4 Å². The van der Waals surface area contributed by atoms with Crippen LogP contribution in [0.25, 0.3) is 17.1 Å². The molecule has 0 aliphatic heterocycles. The van der Waals surface area contributed by atoms with Gasteiger partial charge < -0.3 is 4.74 Å².